The van der Waals surface area contributed by atoms with Crippen molar-refractivity contribution in [1.82, 2.24) is 39.4 Å². The van der Waals surface area contributed by atoms with E-state index < -0.39 is 133 Å². The monoisotopic (exact) mass is 1470 g/mol. The van der Waals surface area contributed by atoms with E-state index in [1.54, 1.807) is 13.8 Å². The number of rotatable bonds is 9. The molecule has 0 aliphatic rings. The number of ether oxygens (including phenoxy) is 1. The van der Waals surface area contributed by atoms with Gasteiger partial charge in [0.2, 0.25) is 20.8 Å². The van der Waals surface area contributed by atoms with E-state index in [1.165, 1.54) is 18.3 Å². The summed E-state index contributed by atoms with van der Waals surface area (Å²) in [4.78, 5) is 49.8. The maximum absolute atomic E-state index is 12.5. The summed E-state index contributed by atoms with van der Waals surface area (Å²) in [6, 6.07) is 0.437. The first-order valence-electron chi connectivity index (χ1n) is 17.7. The van der Waals surface area contributed by atoms with Gasteiger partial charge in [-0.3, -0.25) is 19.2 Å². The molecule has 0 aliphatic heterocycles. The molecule has 5 heterocycles. The van der Waals surface area contributed by atoms with E-state index in [9.17, 15) is 123 Å². The molecule has 439 valence electrons. The van der Waals surface area contributed by atoms with Crippen LogP contribution in [-0.4, -0.2) is 136 Å². The number of thiol groups is 1. The predicted octanol–water partition coefficient (Wildman–Crippen LogP) is 5.97. The van der Waals surface area contributed by atoms with Crippen LogP contribution in [0.5, 0.6) is 0 Å². The molecule has 0 atom stereocenters. The van der Waals surface area contributed by atoms with Crippen LogP contribution in [0.15, 0.2) is 24.4 Å². The van der Waals surface area contributed by atoms with Crippen molar-refractivity contribution < 1.29 is 126 Å². The average molecular weight is 1470 g/mol. The number of ketones is 1. The number of anilines is 1. The number of carbonyl (C=O) groups excluding carboxylic acids is 2. The van der Waals surface area contributed by atoms with Gasteiger partial charge >= 0.3 is 191 Å². The molecule has 5 aromatic heterocycles. The molecule has 5 aromatic rings. The number of nitrogens with two attached hydrogens (primary N) is 1. The van der Waals surface area contributed by atoms with Gasteiger partial charge in [0.25, 0.3) is 11.1 Å². The fourth-order valence-corrected chi connectivity index (χ4v) is 17.8. The fourth-order valence-electron chi connectivity index (χ4n) is 3.44. The topological polar surface area (TPSA) is 332 Å². The Morgan fingerprint density at radius 2 is 1.10 bits per heavy atom. The van der Waals surface area contributed by atoms with Crippen molar-refractivity contribution in [2.75, 3.05) is 12.3 Å². The third-order valence-electron chi connectivity index (χ3n) is 6.30. The fraction of sp³-hybridized carbons (Fsp3) is 0.462. The first-order chi connectivity index (χ1) is 34.8. The van der Waals surface area contributed by atoms with Gasteiger partial charge in [-0.25, -0.2) is 9.97 Å². The van der Waals surface area contributed by atoms with Gasteiger partial charge in [0, 0.05) is 6.07 Å². The van der Waals surface area contributed by atoms with E-state index in [4.69, 9.17) is 5.73 Å². The molecular weight excluding hydrogens is 1450 g/mol. The number of esters is 1. The third-order valence-corrected chi connectivity index (χ3v) is 22.8. The molecule has 0 saturated heterocycles. The molecule has 0 fully saturated rings. The van der Waals surface area contributed by atoms with Gasteiger partial charge in [-0.05, 0) is 43.6 Å². The summed E-state index contributed by atoms with van der Waals surface area (Å²) in [6.07, 6.45) is -15.5. The van der Waals surface area contributed by atoms with Crippen LogP contribution in [0.2, 0.25) is 0 Å². The van der Waals surface area contributed by atoms with Gasteiger partial charge in [0.05, 0.1) is 6.61 Å². The molecule has 0 bridgehead atoms. The molecule has 0 unspecified atom stereocenters. The van der Waals surface area contributed by atoms with Crippen molar-refractivity contribution in [3.05, 3.63) is 57.7 Å². The van der Waals surface area contributed by atoms with Crippen LogP contribution >= 0.6 is 62.8 Å². The van der Waals surface area contributed by atoms with Crippen molar-refractivity contribution in [2.24, 2.45) is 4.30 Å². The molecule has 1 radical (unpaired) electrons. The van der Waals surface area contributed by atoms with Crippen LogP contribution < -0.4 is 16.9 Å². The zero-order valence-electron chi connectivity index (χ0n) is 37.0. The van der Waals surface area contributed by atoms with Crippen molar-refractivity contribution in [1.29, 1.82) is 0 Å². The summed E-state index contributed by atoms with van der Waals surface area (Å²) in [5, 5.41) is 17.1. The predicted molar refractivity (Wildman–Crippen MR) is 234 cm³/mol. The Kier molecular flexibility index (Phi) is 27.2. The quantitative estimate of drug-likeness (QED) is 0.0428. The Morgan fingerprint density at radius 3 is 1.41 bits per heavy atom. The van der Waals surface area contributed by atoms with Crippen LogP contribution in [0.25, 0.3) is 9.92 Å². The first kappa shape index (κ1) is 74.1. The normalized spacial score (nSPS) is 12.4. The van der Waals surface area contributed by atoms with E-state index in [-0.39, 0.29) is 16.5 Å². The molecule has 2 N–H and O–H groups in total. The second-order valence-electron chi connectivity index (χ2n) is 12.1. The number of halogens is 19. The minimum atomic E-state index is -7.19. The van der Waals surface area contributed by atoms with Crippen LogP contribution in [-0.2, 0) is 63.9 Å². The van der Waals surface area contributed by atoms with Crippen molar-refractivity contribution in [3.8, 4) is 0 Å². The summed E-state index contributed by atoms with van der Waals surface area (Å²) in [6.45, 7) is 6.44. The number of nitrogen functional groups attached to an aromatic ring is 1. The van der Waals surface area contributed by atoms with Crippen molar-refractivity contribution in [3.63, 3.8) is 0 Å². The summed E-state index contributed by atoms with van der Waals surface area (Å²) in [5.74, 6) is -3.24. The Labute approximate surface area is 455 Å². The molecule has 0 spiro atoms. The van der Waals surface area contributed by atoms with E-state index in [0.717, 1.165) is 36.7 Å². The Hall–Kier alpha value is -3.92. The first-order valence-corrected chi connectivity index (χ1v) is 29.6. The summed E-state index contributed by atoms with van der Waals surface area (Å²) < 4.78 is 296. The third kappa shape index (κ3) is 23.7. The number of aryl methyl sites for hydroxylation is 3. The number of nitrogens with zero attached hydrogens (tertiary/aromatic N) is 9. The average Bonchev–Trinajstić information content (AvgIpc) is 3.93. The van der Waals surface area contributed by atoms with Crippen molar-refractivity contribution >= 4 is 150 Å². The van der Waals surface area contributed by atoms with Gasteiger partial charge in [-0.1, -0.05) is 34.0 Å². The SMILES string of the molecule is CCOC(=O)CC(=O)C(F)(F)F.Cc1nn2c(=O)c(Br)c(C(F)(F)F)nc2s1.Cc1nn2c(=O)cc(C(F)(F)F)nc2s1.Cc1nnc(N)s1.O=S(=O)([O][In]([O]S(=O)(=O)C(F)(F)F)[O]S(=O)(=O)C(F)(F)F)C(F)(F)F.[B]=NS. The summed E-state index contributed by atoms with van der Waals surface area (Å²) >= 11 is 1.86. The number of alkyl halides is 18. The Balaban J connectivity index is 0.000000980. The molecule has 24 nitrogen and oxygen atoms in total. The van der Waals surface area contributed by atoms with Gasteiger partial charge in [0.1, 0.15) is 25.9 Å². The van der Waals surface area contributed by atoms with E-state index in [0.29, 0.717) is 21.2 Å². The number of carbonyl (C=O) groups is 2. The van der Waals surface area contributed by atoms with Gasteiger partial charge in [-0.15, -0.1) is 10.2 Å². The van der Waals surface area contributed by atoms with Gasteiger partial charge < -0.3 is 10.5 Å². The van der Waals surface area contributed by atoms with Crippen LogP contribution in [0, 0.1) is 20.8 Å². The maximum atomic E-state index is 12.5. The van der Waals surface area contributed by atoms with Crippen LogP contribution in [0.4, 0.5) is 84.2 Å². The number of hydrogen-bond acceptors (Lipinski definition) is 26. The Morgan fingerprint density at radius 1 is 0.705 bits per heavy atom. The van der Waals surface area contributed by atoms with E-state index in [2.05, 4.69) is 82.7 Å². The van der Waals surface area contributed by atoms with E-state index >= 15 is 0 Å². The molecule has 52 heteroatoms. The summed E-state index contributed by atoms with van der Waals surface area (Å²) in [5.41, 5.74) is -18.3. The molecule has 0 amide bonds. The molecule has 0 saturated carbocycles. The zero-order valence-corrected chi connectivity index (χ0v) is 47.7. The van der Waals surface area contributed by atoms with Crippen LogP contribution in [0.3, 0.4) is 0 Å². The minimum absolute atomic E-state index is 0.0377. The number of fused-ring (bicyclic) bond motifs is 2. The standard InChI is InChI=1S/C7H3BrF3N3OS.C7H4F3N3OS.C6H7F3O3.C3H5N3S.3CHF3O3S.BHNS.In/c1-2-13-14-5(15)3(8)4(7(9,10)11)12-6(14)16-2;1-3-12-13-5(14)2-4(7(8,9)10)11-6(13)15-3;1-2-12-5(11)3-4(10)6(7,8)9;1-2-5-6-3(4)7-2;3*2-1(3,4)8(5,6)7;1-2-3;/h1H3;2H,1H3;2-3H2,1H3;1H3,(H2,4,6);3*(H,5,6,7);3H;/q;;;;;;;;+3/p-3. The molecular formula is C26H20BBrF18InN10O14S7. The molecule has 0 aromatic carbocycles. The number of Topliss-reactive ketones (excluding diaryl/α,β-unsaturated/α-hetero) is 1. The zero-order chi connectivity index (χ0) is 61.8. The molecule has 5 rings (SSSR count). The van der Waals surface area contributed by atoms with Gasteiger partial charge in [0.15, 0.2) is 11.4 Å². The second-order valence-corrected chi connectivity index (χ2v) is 28.0. The molecule has 78 heavy (non-hydrogen) atoms. The second kappa shape index (κ2) is 28.7. The number of aromatic nitrogens is 8. The van der Waals surface area contributed by atoms with Crippen molar-refractivity contribution in [2.45, 2.75) is 69.2 Å². The number of hydrogen-bond donors (Lipinski definition) is 2. The van der Waals surface area contributed by atoms with E-state index in [1.807, 2.05) is 6.92 Å². The molecule has 0 aliphatic carbocycles. The van der Waals surface area contributed by atoms with Gasteiger partial charge in [-0.2, -0.15) is 58.7 Å². The van der Waals surface area contributed by atoms with Crippen LogP contribution in [0.1, 0.15) is 39.8 Å². The summed E-state index contributed by atoms with van der Waals surface area (Å²) in [7, 11) is -16.8. The Bertz CT molecular complexity index is 3220.